The molecule has 5 heteroatoms. The quantitative estimate of drug-likeness (QED) is 0.779. The molecule has 16 heavy (non-hydrogen) atoms. The summed E-state index contributed by atoms with van der Waals surface area (Å²) in [6.07, 6.45) is 5.40. The zero-order chi connectivity index (χ0) is 9.43. The standard InChI is InChI=1S/C11H20N2O.2ClH/c1-3-11(9-12-5-1)4-6-13(11)10-2-7-14-8-10;;/h10,12H,1-9H2;2*1H. The van der Waals surface area contributed by atoms with E-state index in [0.29, 0.717) is 5.54 Å². The molecule has 2 unspecified atom stereocenters. The topological polar surface area (TPSA) is 24.5 Å². The number of rotatable bonds is 1. The molecular formula is C11H22Cl2N2O. The molecule has 0 amide bonds. The van der Waals surface area contributed by atoms with Crippen molar-refractivity contribution in [1.82, 2.24) is 10.2 Å². The Balaban J connectivity index is 0.000000640. The van der Waals surface area contributed by atoms with Crippen LogP contribution in [0.4, 0.5) is 0 Å². The molecule has 3 fully saturated rings. The molecule has 0 aromatic carbocycles. The Labute approximate surface area is 110 Å². The third kappa shape index (κ3) is 2.34. The number of halogens is 2. The van der Waals surface area contributed by atoms with Crippen molar-refractivity contribution in [3.63, 3.8) is 0 Å². The molecule has 0 saturated carbocycles. The fourth-order valence-electron chi connectivity index (χ4n) is 3.31. The first-order chi connectivity index (χ1) is 6.91. The van der Waals surface area contributed by atoms with Gasteiger partial charge in [0.05, 0.1) is 6.61 Å². The summed E-state index contributed by atoms with van der Waals surface area (Å²) < 4.78 is 5.49. The Morgan fingerprint density at radius 2 is 2.12 bits per heavy atom. The second-order valence-corrected chi connectivity index (χ2v) is 4.97. The Morgan fingerprint density at radius 3 is 2.62 bits per heavy atom. The summed E-state index contributed by atoms with van der Waals surface area (Å²) in [6.45, 7) is 5.68. The maximum atomic E-state index is 5.49. The van der Waals surface area contributed by atoms with Gasteiger partial charge in [-0.15, -0.1) is 24.8 Å². The van der Waals surface area contributed by atoms with E-state index in [-0.39, 0.29) is 24.8 Å². The van der Waals surface area contributed by atoms with E-state index in [9.17, 15) is 0 Å². The van der Waals surface area contributed by atoms with Crippen molar-refractivity contribution < 1.29 is 4.74 Å². The fourth-order valence-corrected chi connectivity index (χ4v) is 3.31. The van der Waals surface area contributed by atoms with Gasteiger partial charge < -0.3 is 10.1 Å². The molecule has 0 aliphatic carbocycles. The number of likely N-dealkylation sites (tertiary alicyclic amines) is 1. The molecule has 2 atom stereocenters. The summed E-state index contributed by atoms with van der Waals surface area (Å²) in [5, 5.41) is 3.55. The van der Waals surface area contributed by atoms with Crippen molar-refractivity contribution in [3.05, 3.63) is 0 Å². The number of piperidine rings is 1. The molecule has 3 aliphatic heterocycles. The van der Waals surface area contributed by atoms with Crippen molar-refractivity contribution in [3.8, 4) is 0 Å². The van der Waals surface area contributed by atoms with E-state index in [4.69, 9.17) is 4.74 Å². The molecule has 0 radical (unpaired) electrons. The number of nitrogens with zero attached hydrogens (tertiary/aromatic N) is 1. The van der Waals surface area contributed by atoms with E-state index in [1.54, 1.807) is 0 Å². The van der Waals surface area contributed by atoms with E-state index in [0.717, 1.165) is 19.3 Å². The molecule has 3 nitrogen and oxygen atoms in total. The molecular weight excluding hydrogens is 247 g/mol. The minimum atomic E-state index is 0. The highest BCUT2D eigenvalue weighted by atomic mass is 35.5. The lowest BCUT2D eigenvalue weighted by atomic mass is 9.77. The van der Waals surface area contributed by atoms with Crippen LogP contribution in [0.15, 0.2) is 0 Å². The Kier molecular flexibility index (Phi) is 5.33. The number of ether oxygens (including phenoxy) is 1. The van der Waals surface area contributed by atoms with Crippen molar-refractivity contribution in [2.24, 2.45) is 0 Å². The highest BCUT2D eigenvalue weighted by Crippen LogP contribution is 2.39. The lowest BCUT2D eigenvalue weighted by molar-refractivity contribution is -0.0653. The van der Waals surface area contributed by atoms with Gasteiger partial charge in [0.25, 0.3) is 0 Å². The lowest BCUT2D eigenvalue weighted by Gasteiger charge is -2.57. The predicted octanol–water partition coefficient (Wildman–Crippen LogP) is 1.45. The molecule has 3 saturated heterocycles. The van der Waals surface area contributed by atoms with Crippen LogP contribution >= 0.6 is 24.8 Å². The van der Waals surface area contributed by atoms with Crippen LogP contribution < -0.4 is 5.32 Å². The zero-order valence-electron chi connectivity index (χ0n) is 9.61. The van der Waals surface area contributed by atoms with E-state index >= 15 is 0 Å². The number of nitrogens with one attached hydrogen (secondary N) is 1. The van der Waals surface area contributed by atoms with Gasteiger partial charge in [-0.2, -0.15) is 0 Å². The van der Waals surface area contributed by atoms with Crippen molar-refractivity contribution in [1.29, 1.82) is 0 Å². The third-order valence-corrected chi connectivity index (χ3v) is 4.22. The molecule has 0 aromatic heterocycles. The van der Waals surface area contributed by atoms with Crippen LogP contribution in [0.3, 0.4) is 0 Å². The molecule has 0 bridgehead atoms. The van der Waals surface area contributed by atoms with Gasteiger partial charge in [0, 0.05) is 31.3 Å². The third-order valence-electron chi connectivity index (χ3n) is 4.22. The van der Waals surface area contributed by atoms with Crippen molar-refractivity contribution in [2.75, 3.05) is 32.8 Å². The van der Waals surface area contributed by atoms with E-state index in [2.05, 4.69) is 10.2 Å². The molecule has 3 rings (SSSR count). The van der Waals surface area contributed by atoms with Gasteiger partial charge in [0.1, 0.15) is 0 Å². The highest BCUT2D eigenvalue weighted by molar-refractivity contribution is 5.85. The van der Waals surface area contributed by atoms with Crippen LogP contribution in [0.5, 0.6) is 0 Å². The Bertz CT molecular complexity index is 216. The van der Waals surface area contributed by atoms with Gasteiger partial charge in [-0.3, -0.25) is 4.90 Å². The highest BCUT2D eigenvalue weighted by Gasteiger charge is 2.48. The van der Waals surface area contributed by atoms with E-state index in [1.807, 2.05) is 0 Å². The second kappa shape index (κ2) is 5.87. The van der Waals surface area contributed by atoms with Gasteiger partial charge in [0.2, 0.25) is 0 Å². The maximum absolute atomic E-state index is 5.49. The van der Waals surface area contributed by atoms with Gasteiger partial charge in [-0.1, -0.05) is 0 Å². The zero-order valence-corrected chi connectivity index (χ0v) is 11.2. The molecule has 1 spiro atoms. The average molecular weight is 269 g/mol. The van der Waals surface area contributed by atoms with Crippen molar-refractivity contribution in [2.45, 2.75) is 37.3 Å². The normalized spacial score (nSPS) is 38.6. The van der Waals surface area contributed by atoms with Gasteiger partial charge in [-0.25, -0.2) is 0 Å². The SMILES string of the molecule is C1CNCC2(C1)CCN2C1CCOC1.Cl.Cl. The summed E-state index contributed by atoms with van der Waals surface area (Å²) >= 11 is 0. The monoisotopic (exact) mass is 268 g/mol. The van der Waals surface area contributed by atoms with Gasteiger partial charge in [-0.05, 0) is 32.2 Å². The van der Waals surface area contributed by atoms with Gasteiger partial charge in [0.15, 0.2) is 0 Å². The fraction of sp³-hybridized carbons (Fsp3) is 1.00. The summed E-state index contributed by atoms with van der Waals surface area (Å²) in [4.78, 5) is 2.71. The second-order valence-electron chi connectivity index (χ2n) is 4.97. The lowest BCUT2D eigenvalue weighted by Crippen LogP contribution is -2.69. The summed E-state index contributed by atoms with van der Waals surface area (Å²) in [7, 11) is 0. The van der Waals surface area contributed by atoms with Crippen LogP contribution in [-0.2, 0) is 4.74 Å². The molecule has 96 valence electrons. The first-order valence-corrected chi connectivity index (χ1v) is 5.96. The smallest absolute Gasteiger partial charge is 0.0622 e. The Hall–Kier alpha value is 0.460. The first kappa shape index (κ1) is 14.5. The summed E-state index contributed by atoms with van der Waals surface area (Å²) in [5.41, 5.74) is 0.524. The average Bonchev–Trinajstić information content (AvgIpc) is 2.71. The van der Waals surface area contributed by atoms with Crippen molar-refractivity contribution >= 4 is 24.8 Å². The first-order valence-electron chi connectivity index (χ1n) is 5.96. The number of hydrogen-bond acceptors (Lipinski definition) is 3. The van der Waals surface area contributed by atoms with Crippen LogP contribution in [0.1, 0.15) is 25.7 Å². The molecule has 0 aromatic rings. The predicted molar refractivity (Wildman–Crippen MR) is 69.9 cm³/mol. The largest absolute Gasteiger partial charge is 0.380 e. The van der Waals surface area contributed by atoms with Gasteiger partial charge >= 0.3 is 0 Å². The van der Waals surface area contributed by atoms with E-state index in [1.165, 1.54) is 45.3 Å². The Morgan fingerprint density at radius 1 is 1.25 bits per heavy atom. The minimum Gasteiger partial charge on any atom is -0.380 e. The molecule has 3 heterocycles. The van der Waals surface area contributed by atoms with Crippen LogP contribution in [0.25, 0.3) is 0 Å². The maximum Gasteiger partial charge on any atom is 0.0622 e. The van der Waals surface area contributed by atoms with E-state index < -0.39 is 0 Å². The number of hydrogen-bond donors (Lipinski definition) is 1. The van der Waals surface area contributed by atoms with Crippen LogP contribution in [-0.4, -0.2) is 49.3 Å². The van der Waals surface area contributed by atoms with Crippen LogP contribution in [0.2, 0.25) is 0 Å². The molecule has 1 N–H and O–H groups in total. The summed E-state index contributed by atoms with van der Waals surface area (Å²) in [6, 6.07) is 0.726. The molecule has 3 aliphatic rings. The van der Waals surface area contributed by atoms with Crippen LogP contribution in [0, 0.1) is 0 Å². The minimum absolute atomic E-state index is 0. The summed E-state index contributed by atoms with van der Waals surface area (Å²) in [5.74, 6) is 0.